The molecule has 0 aliphatic rings. The van der Waals surface area contributed by atoms with Gasteiger partial charge in [-0.25, -0.2) is 0 Å². The van der Waals surface area contributed by atoms with E-state index < -0.39 is 0 Å². The van der Waals surface area contributed by atoms with Gasteiger partial charge in [0, 0.05) is 12.1 Å². The first-order valence-corrected chi connectivity index (χ1v) is 6.23. The maximum Gasteiger partial charge on any atom is 0.146 e. The van der Waals surface area contributed by atoms with Crippen molar-refractivity contribution in [2.24, 2.45) is 5.73 Å². The van der Waals surface area contributed by atoms with Gasteiger partial charge in [0.2, 0.25) is 0 Å². The molecule has 0 unspecified atom stereocenters. The third-order valence-corrected chi connectivity index (χ3v) is 3.00. The molecule has 2 aromatic rings. The van der Waals surface area contributed by atoms with Crippen LogP contribution in [0, 0.1) is 6.92 Å². The second-order valence-electron chi connectivity index (χ2n) is 4.28. The molecule has 2 N–H and O–H groups in total. The molecule has 0 bridgehead atoms. The van der Waals surface area contributed by atoms with Crippen LogP contribution in [-0.2, 0) is 19.6 Å². The van der Waals surface area contributed by atoms with Crippen LogP contribution in [0.15, 0.2) is 34.7 Å². The summed E-state index contributed by atoms with van der Waals surface area (Å²) >= 11 is 0. The summed E-state index contributed by atoms with van der Waals surface area (Å²) in [6.45, 7) is 4.99. The summed E-state index contributed by atoms with van der Waals surface area (Å²) < 4.78 is 11.2. The Morgan fingerprint density at radius 2 is 1.94 bits per heavy atom. The molecule has 1 heterocycles. The van der Waals surface area contributed by atoms with Gasteiger partial charge in [0.25, 0.3) is 0 Å². The van der Waals surface area contributed by atoms with Gasteiger partial charge in [-0.05, 0) is 37.1 Å². The van der Waals surface area contributed by atoms with Crippen molar-refractivity contribution >= 4 is 0 Å². The van der Waals surface area contributed by atoms with Crippen molar-refractivity contribution in [1.82, 2.24) is 0 Å². The van der Waals surface area contributed by atoms with E-state index in [1.807, 2.05) is 25.1 Å². The number of furan rings is 1. The SMILES string of the molecule is CCc1ccc(OCc2cc(CN)c(C)o2)cc1. The van der Waals surface area contributed by atoms with Gasteiger partial charge in [-0.2, -0.15) is 0 Å². The van der Waals surface area contributed by atoms with Gasteiger partial charge in [-0.15, -0.1) is 0 Å². The van der Waals surface area contributed by atoms with Crippen molar-refractivity contribution < 1.29 is 9.15 Å². The van der Waals surface area contributed by atoms with Crippen LogP contribution in [0.2, 0.25) is 0 Å². The number of nitrogens with two attached hydrogens (primary N) is 1. The number of benzene rings is 1. The Labute approximate surface area is 108 Å². The summed E-state index contributed by atoms with van der Waals surface area (Å²) in [5.74, 6) is 2.54. The van der Waals surface area contributed by atoms with Crippen LogP contribution >= 0.6 is 0 Å². The lowest BCUT2D eigenvalue weighted by molar-refractivity contribution is 0.267. The van der Waals surface area contributed by atoms with Crippen LogP contribution in [0.5, 0.6) is 5.75 Å². The fourth-order valence-electron chi connectivity index (χ4n) is 1.84. The smallest absolute Gasteiger partial charge is 0.146 e. The standard InChI is InChI=1S/C15H19NO2/c1-3-12-4-6-14(7-5-12)17-10-15-8-13(9-16)11(2)18-15/h4-8H,3,9-10,16H2,1-2H3. The highest BCUT2D eigenvalue weighted by Gasteiger charge is 2.06. The average Bonchev–Trinajstić information content (AvgIpc) is 2.77. The van der Waals surface area contributed by atoms with Crippen LogP contribution in [0.1, 0.15) is 29.6 Å². The van der Waals surface area contributed by atoms with Crippen molar-refractivity contribution in [2.75, 3.05) is 0 Å². The second-order valence-corrected chi connectivity index (χ2v) is 4.28. The lowest BCUT2D eigenvalue weighted by atomic mass is 10.2. The zero-order chi connectivity index (χ0) is 13.0. The Morgan fingerprint density at radius 3 is 2.50 bits per heavy atom. The van der Waals surface area contributed by atoms with Crippen LogP contribution in [0.3, 0.4) is 0 Å². The first-order chi connectivity index (χ1) is 8.72. The highest BCUT2D eigenvalue weighted by molar-refractivity contribution is 5.27. The molecule has 0 aliphatic heterocycles. The van der Waals surface area contributed by atoms with Gasteiger partial charge >= 0.3 is 0 Å². The molecule has 2 rings (SSSR count). The fraction of sp³-hybridized carbons (Fsp3) is 0.333. The maximum atomic E-state index is 5.67. The summed E-state index contributed by atoms with van der Waals surface area (Å²) in [5.41, 5.74) is 7.95. The second kappa shape index (κ2) is 5.74. The fourth-order valence-corrected chi connectivity index (χ4v) is 1.84. The lowest BCUT2D eigenvalue weighted by Gasteiger charge is -2.04. The Hall–Kier alpha value is -1.74. The van der Waals surface area contributed by atoms with Gasteiger partial charge in [0.1, 0.15) is 23.9 Å². The van der Waals surface area contributed by atoms with E-state index in [0.29, 0.717) is 13.2 Å². The predicted octanol–water partition coefficient (Wildman–Crippen LogP) is 3.19. The molecule has 18 heavy (non-hydrogen) atoms. The Balaban J connectivity index is 1.97. The van der Waals surface area contributed by atoms with E-state index in [1.165, 1.54) is 5.56 Å². The minimum absolute atomic E-state index is 0.437. The monoisotopic (exact) mass is 245 g/mol. The van der Waals surface area contributed by atoms with E-state index in [1.54, 1.807) is 0 Å². The van der Waals surface area contributed by atoms with E-state index in [9.17, 15) is 0 Å². The molecule has 0 aliphatic carbocycles. The van der Waals surface area contributed by atoms with Crippen molar-refractivity contribution in [2.45, 2.75) is 33.4 Å². The number of hydrogen-bond donors (Lipinski definition) is 1. The van der Waals surface area contributed by atoms with E-state index in [0.717, 1.165) is 29.3 Å². The topological polar surface area (TPSA) is 48.4 Å². The molecule has 0 amide bonds. The largest absolute Gasteiger partial charge is 0.486 e. The van der Waals surface area contributed by atoms with E-state index in [2.05, 4.69) is 19.1 Å². The Kier molecular flexibility index (Phi) is 4.05. The highest BCUT2D eigenvalue weighted by Crippen LogP contribution is 2.18. The Morgan fingerprint density at radius 1 is 1.22 bits per heavy atom. The van der Waals surface area contributed by atoms with Crippen molar-refractivity contribution in [1.29, 1.82) is 0 Å². The van der Waals surface area contributed by atoms with Crippen molar-refractivity contribution in [3.8, 4) is 5.75 Å². The van der Waals surface area contributed by atoms with Crippen LogP contribution in [-0.4, -0.2) is 0 Å². The molecular formula is C15H19NO2. The van der Waals surface area contributed by atoms with Gasteiger partial charge in [0.15, 0.2) is 0 Å². The molecule has 0 saturated carbocycles. The van der Waals surface area contributed by atoms with Crippen LogP contribution in [0.4, 0.5) is 0 Å². The maximum absolute atomic E-state index is 5.67. The molecule has 0 fully saturated rings. The summed E-state index contributed by atoms with van der Waals surface area (Å²) in [4.78, 5) is 0. The number of aryl methyl sites for hydroxylation is 2. The predicted molar refractivity (Wildman–Crippen MR) is 71.5 cm³/mol. The zero-order valence-corrected chi connectivity index (χ0v) is 10.9. The Bertz CT molecular complexity index is 500. The normalized spacial score (nSPS) is 10.6. The summed E-state index contributed by atoms with van der Waals surface area (Å²) in [6, 6.07) is 10.1. The molecule has 96 valence electrons. The average molecular weight is 245 g/mol. The van der Waals surface area contributed by atoms with Gasteiger partial charge in [-0.3, -0.25) is 0 Å². The zero-order valence-electron chi connectivity index (χ0n) is 10.9. The molecule has 3 heteroatoms. The summed E-state index contributed by atoms with van der Waals surface area (Å²) in [5, 5.41) is 0. The van der Waals surface area contributed by atoms with E-state index >= 15 is 0 Å². The minimum Gasteiger partial charge on any atom is -0.486 e. The molecule has 0 spiro atoms. The first-order valence-electron chi connectivity index (χ1n) is 6.23. The summed E-state index contributed by atoms with van der Waals surface area (Å²) in [7, 11) is 0. The highest BCUT2D eigenvalue weighted by atomic mass is 16.5. The van der Waals surface area contributed by atoms with Crippen LogP contribution in [0.25, 0.3) is 0 Å². The third kappa shape index (κ3) is 2.93. The van der Waals surface area contributed by atoms with E-state index in [4.69, 9.17) is 14.9 Å². The van der Waals surface area contributed by atoms with Crippen LogP contribution < -0.4 is 10.5 Å². The van der Waals surface area contributed by atoms with Gasteiger partial charge in [-0.1, -0.05) is 19.1 Å². The molecule has 0 radical (unpaired) electrons. The quantitative estimate of drug-likeness (QED) is 0.880. The first kappa shape index (κ1) is 12.7. The molecule has 3 nitrogen and oxygen atoms in total. The van der Waals surface area contributed by atoms with Crippen molar-refractivity contribution in [3.63, 3.8) is 0 Å². The summed E-state index contributed by atoms with van der Waals surface area (Å²) in [6.07, 6.45) is 1.04. The van der Waals surface area contributed by atoms with Crippen molar-refractivity contribution in [3.05, 3.63) is 53.0 Å². The van der Waals surface area contributed by atoms with E-state index in [-0.39, 0.29) is 0 Å². The molecule has 1 aromatic heterocycles. The number of hydrogen-bond acceptors (Lipinski definition) is 3. The third-order valence-electron chi connectivity index (χ3n) is 3.00. The number of rotatable bonds is 5. The molecule has 1 aromatic carbocycles. The molecule has 0 saturated heterocycles. The van der Waals surface area contributed by atoms with Gasteiger partial charge in [0.05, 0.1) is 0 Å². The van der Waals surface area contributed by atoms with Gasteiger partial charge < -0.3 is 14.9 Å². The number of ether oxygens (including phenoxy) is 1. The molecule has 0 atom stereocenters. The molecular weight excluding hydrogens is 226 g/mol. The minimum atomic E-state index is 0.437. The lowest BCUT2D eigenvalue weighted by Crippen LogP contribution is -1.96.